The van der Waals surface area contributed by atoms with Gasteiger partial charge in [-0.05, 0) is 37.0 Å². The Hall–Kier alpha value is -3.39. The van der Waals surface area contributed by atoms with E-state index in [-0.39, 0.29) is 61.1 Å². The molecule has 212 valence electrons. The van der Waals surface area contributed by atoms with Crippen molar-refractivity contribution in [1.29, 1.82) is 0 Å². The summed E-state index contributed by atoms with van der Waals surface area (Å²) in [6.07, 6.45) is -6.66. The van der Waals surface area contributed by atoms with Crippen LogP contribution in [0.2, 0.25) is 0 Å². The quantitative estimate of drug-likeness (QED) is 0.447. The van der Waals surface area contributed by atoms with Crippen LogP contribution in [-0.4, -0.2) is 73.9 Å². The Kier molecular flexibility index (Phi) is 8.35. The number of hydrogen-bond donors (Lipinski definition) is 3. The van der Waals surface area contributed by atoms with E-state index >= 15 is 0 Å². The molecule has 0 radical (unpaired) electrons. The number of carbonyl (C=O) groups is 2. The van der Waals surface area contributed by atoms with Gasteiger partial charge in [-0.15, -0.1) is 0 Å². The van der Waals surface area contributed by atoms with Gasteiger partial charge >= 0.3 is 12.3 Å². The first-order valence-electron chi connectivity index (χ1n) is 12.4. The zero-order chi connectivity index (χ0) is 28.5. The van der Waals surface area contributed by atoms with Crippen LogP contribution < -0.4 is 5.32 Å². The van der Waals surface area contributed by atoms with E-state index < -0.39 is 47.7 Å². The highest BCUT2D eigenvalue weighted by atomic mass is 19.4. The standard InChI is InChI=1S/C25H28F5N5O4/c1-13-2-5-20(36)35(10-13)11-15(31-24(38)39)9-21(37)34-7-6-16-19(12-34)32-23(33-22(16)25(28,29)30)14-3-4-17(26)18(27)8-14/h3-4,8,13,15,21,31,37H,2,5-7,9-12H2,1H3,(H,38,39)/t13-,15+,21?/m1/s1. The third-order valence-electron chi connectivity index (χ3n) is 6.96. The van der Waals surface area contributed by atoms with E-state index in [1.54, 1.807) is 4.90 Å². The zero-order valence-electron chi connectivity index (χ0n) is 21.0. The lowest BCUT2D eigenvalue weighted by Gasteiger charge is -2.37. The van der Waals surface area contributed by atoms with Gasteiger partial charge in [0, 0.05) is 50.1 Å². The number of aromatic nitrogens is 2. The fourth-order valence-corrected chi connectivity index (χ4v) is 5.00. The van der Waals surface area contributed by atoms with Crippen molar-refractivity contribution in [1.82, 2.24) is 25.1 Å². The number of alkyl halides is 3. The highest BCUT2D eigenvalue weighted by molar-refractivity contribution is 5.77. The lowest BCUT2D eigenvalue weighted by molar-refractivity contribution is -0.142. The monoisotopic (exact) mass is 557 g/mol. The predicted molar refractivity (Wildman–Crippen MR) is 127 cm³/mol. The first-order chi connectivity index (χ1) is 18.3. The Morgan fingerprint density at radius 1 is 1.21 bits per heavy atom. The van der Waals surface area contributed by atoms with E-state index in [2.05, 4.69) is 15.3 Å². The molecule has 3 heterocycles. The van der Waals surface area contributed by atoms with Crippen LogP contribution in [-0.2, 0) is 23.9 Å². The molecule has 2 amide bonds. The maximum atomic E-state index is 13.9. The highest BCUT2D eigenvalue weighted by Crippen LogP contribution is 2.36. The molecule has 0 aliphatic carbocycles. The van der Waals surface area contributed by atoms with Crippen molar-refractivity contribution in [2.75, 3.05) is 19.6 Å². The number of benzene rings is 1. The van der Waals surface area contributed by atoms with E-state index in [1.807, 2.05) is 6.92 Å². The van der Waals surface area contributed by atoms with Gasteiger partial charge in [-0.2, -0.15) is 13.2 Å². The van der Waals surface area contributed by atoms with Crippen molar-refractivity contribution in [2.24, 2.45) is 5.92 Å². The second kappa shape index (κ2) is 11.4. The zero-order valence-corrected chi connectivity index (χ0v) is 21.0. The molecule has 4 rings (SSSR count). The normalized spacial score (nSPS) is 19.9. The number of halogens is 5. The van der Waals surface area contributed by atoms with Crippen LogP contribution >= 0.6 is 0 Å². The second-order valence-corrected chi connectivity index (χ2v) is 9.97. The molecule has 1 aromatic heterocycles. The molecule has 0 spiro atoms. The van der Waals surface area contributed by atoms with Crippen LogP contribution in [0.25, 0.3) is 11.4 Å². The van der Waals surface area contributed by atoms with Crippen LogP contribution in [0.3, 0.4) is 0 Å². The Morgan fingerprint density at radius 3 is 2.62 bits per heavy atom. The largest absolute Gasteiger partial charge is 0.465 e. The molecule has 1 unspecified atom stereocenters. The summed E-state index contributed by atoms with van der Waals surface area (Å²) in [7, 11) is 0. The summed E-state index contributed by atoms with van der Waals surface area (Å²) in [5.41, 5.74) is -1.54. The fourth-order valence-electron chi connectivity index (χ4n) is 5.00. The third kappa shape index (κ3) is 6.79. The molecular weight excluding hydrogens is 529 g/mol. The maximum absolute atomic E-state index is 13.9. The summed E-state index contributed by atoms with van der Waals surface area (Å²) < 4.78 is 68.7. The molecule has 0 bridgehead atoms. The van der Waals surface area contributed by atoms with E-state index in [0.717, 1.165) is 18.6 Å². The summed E-state index contributed by atoms with van der Waals surface area (Å²) in [5, 5.41) is 22.5. The van der Waals surface area contributed by atoms with E-state index in [0.29, 0.717) is 19.0 Å². The molecule has 2 aliphatic rings. The minimum Gasteiger partial charge on any atom is -0.465 e. The topological polar surface area (TPSA) is 119 Å². The van der Waals surface area contributed by atoms with E-state index in [9.17, 15) is 41.8 Å². The summed E-state index contributed by atoms with van der Waals surface area (Å²) in [6, 6.07) is 1.71. The minimum atomic E-state index is -4.84. The molecule has 3 N–H and O–H groups in total. The van der Waals surface area contributed by atoms with Gasteiger partial charge in [-0.25, -0.2) is 23.5 Å². The van der Waals surface area contributed by atoms with Gasteiger partial charge in [0.2, 0.25) is 5.91 Å². The van der Waals surface area contributed by atoms with Crippen molar-refractivity contribution >= 4 is 12.0 Å². The molecule has 2 aliphatic heterocycles. The van der Waals surface area contributed by atoms with Crippen molar-refractivity contribution in [2.45, 2.75) is 57.6 Å². The molecule has 14 heteroatoms. The summed E-state index contributed by atoms with van der Waals surface area (Å²) in [5.74, 6) is -2.76. The number of likely N-dealkylation sites (tertiary alicyclic amines) is 1. The Labute approximate surface area is 220 Å². The molecule has 39 heavy (non-hydrogen) atoms. The van der Waals surface area contributed by atoms with Gasteiger partial charge in [0.1, 0.15) is 6.23 Å². The summed E-state index contributed by atoms with van der Waals surface area (Å²) in [4.78, 5) is 34.5. The molecule has 0 saturated carbocycles. The number of aliphatic hydroxyl groups excluding tert-OH is 1. The van der Waals surface area contributed by atoms with Crippen LogP contribution in [0.15, 0.2) is 18.2 Å². The van der Waals surface area contributed by atoms with E-state index in [4.69, 9.17) is 0 Å². The third-order valence-corrected chi connectivity index (χ3v) is 6.96. The predicted octanol–water partition coefficient (Wildman–Crippen LogP) is 3.40. The number of hydrogen-bond acceptors (Lipinski definition) is 6. The maximum Gasteiger partial charge on any atom is 0.433 e. The molecule has 9 nitrogen and oxygen atoms in total. The smallest absolute Gasteiger partial charge is 0.433 e. The molecule has 1 aromatic carbocycles. The Bertz CT molecular complexity index is 1240. The van der Waals surface area contributed by atoms with Gasteiger partial charge in [-0.1, -0.05) is 6.92 Å². The van der Waals surface area contributed by atoms with Crippen molar-refractivity contribution in [3.05, 3.63) is 46.8 Å². The molecule has 1 fully saturated rings. The number of amides is 2. The summed E-state index contributed by atoms with van der Waals surface area (Å²) in [6.45, 7) is 2.25. The Balaban J connectivity index is 1.56. The van der Waals surface area contributed by atoms with Crippen LogP contribution in [0.1, 0.15) is 43.1 Å². The number of aliphatic hydroxyl groups is 1. The number of rotatable bonds is 7. The number of nitrogens with one attached hydrogen (secondary N) is 1. The van der Waals surface area contributed by atoms with Gasteiger partial charge in [0.15, 0.2) is 23.2 Å². The summed E-state index contributed by atoms with van der Waals surface area (Å²) >= 11 is 0. The van der Waals surface area contributed by atoms with E-state index in [1.165, 1.54) is 4.90 Å². The minimum absolute atomic E-state index is 0.00456. The van der Waals surface area contributed by atoms with Crippen LogP contribution in [0.5, 0.6) is 0 Å². The second-order valence-electron chi connectivity index (χ2n) is 9.97. The Morgan fingerprint density at radius 2 is 1.95 bits per heavy atom. The van der Waals surface area contributed by atoms with Gasteiger partial charge in [0.05, 0.1) is 11.7 Å². The van der Waals surface area contributed by atoms with Gasteiger partial charge < -0.3 is 20.4 Å². The number of fused-ring (bicyclic) bond motifs is 1. The van der Waals surface area contributed by atoms with Crippen molar-refractivity contribution in [3.8, 4) is 11.4 Å². The van der Waals surface area contributed by atoms with Gasteiger partial charge in [-0.3, -0.25) is 9.69 Å². The highest BCUT2D eigenvalue weighted by Gasteiger charge is 2.40. The van der Waals surface area contributed by atoms with Crippen molar-refractivity contribution in [3.63, 3.8) is 0 Å². The number of piperidine rings is 1. The number of carbonyl (C=O) groups excluding carboxylic acids is 1. The lowest BCUT2D eigenvalue weighted by Crippen LogP contribution is -2.51. The molecule has 3 atom stereocenters. The average Bonchev–Trinajstić information content (AvgIpc) is 2.85. The first-order valence-corrected chi connectivity index (χ1v) is 12.4. The van der Waals surface area contributed by atoms with Crippen molar-refractivity contribution < 1.29 is 41.8 Å². The number of nitrogens with zero attached hydrogens (tertiary/aromatic N) is 4. The van der Waals surface area contributed by atoms with Crippen LogP contribution in [0.4, 0.5) is 26.7 Å². The van der Waals surface area contributed by atoms with Crippen LogP contribution in [0, 0.1) is 17.6 Å². The SMILES string of the molecule is C[C@@H]1CCC(=O)N(C[C@H](CC(O)N2CCc3c(nc(-c4ccc(F)c(F)c4)nc3C(F)(F)F)C2)NC(=O)O)C1. The fraction of sp³-hybridized carbons (Fsp3) is 0.520. The first kappa shape index (κ1) is 28.6. The molecule has 2 aromatic rings. The molecule has 1 saturated heterocycles. The number of carboxylic acid groups (broad SMARTS) is 1. The molecular formula is C25H28F5N5O4. The van der Waals surface area contributed by atoms with Gasteiger partial charge in [0.25, 0.3) is 0 Å². The lowest BCUT2D eigenvalue weighted by atomic mass is 9.98. The average molecular weight is 558 g/mol.